The fraction of sp³-hybridized carbons (Fsp3) is 0.349. The summed E-state index contributed by atoms with van der Waals surface area (Å²) in [5, 5.41) is 0. The molecule has 8 rings (SSSR count). The fourth-order valence-corrected chi connectivity index (χ4v) is 26.8. The molecule has 0 radical (unpaired) electrons. The molecule has 0 N–H and O–H groups in total. The zero-order valence-corrected chi connectivity index (χ0v) is 31.0. The van der Waals surface area contributed by atoms with Gasteiger partial charge in [-0.25, -0.2) is 0 Å². The van der Waals surface area contributed by atoms with Crippen molar-refractivity contribution in [2.24, 2.45) is 5.41 Å². The van der Waals surface area contributed by atoms with Gasteiger partial charge in [0.15, 0.2) is 0 Å². The Morgan fingerprint density at radius 2 is 0.977 bits per heavy atom. The Balaban J connectivity index is 1.29. The first kappa shape index (κ1) is 28.7. The van der Waals surface area contributed by atoms with Gasteiger partial charge in [0.1, 0.15) is 0 Å². The Morgan fingerprint density at radius 1 is 0.568 bits per heavy atom. The normalized spacial score (nSPS) is 22.1. The van der Waals surface area contributed by atoms with Gasteiger partial charge in [-0.2, -0.15) is 0 Å². The number of fused-ring (bicyclic) bond motifs is 8. The van der Waals surface area contributed by atoms with Gasteiger partial charge >= 0.3 is 271 Å². The first-order chi connectivity index (χ1) is 21.2. The third-order valence-corrected chi connectivity index (χ3v) is 27.1. The molecular formula is C43H46Hf. The van der Waals surface area contributed by atoms with E-state index in [-0.39, 0.29) is 5.41 Å². The summed E-state index contributed by atoms with van der Waals surface area (Å²) in [6, 6.07) is 33.4. The van der Waals surface area contributed by atoms with Crippen molar-refractivity contribution >= 4 is 12.2 Å². The molecule has 2 fully saturated rings. The topological polar surface area (TPSA) is 0 Å². The van der Waals surface area contributed by atoms with Crippen LogP contribution in [0.25, 0.3) is 34.4 Å². The number of allylic oxidation sites excluding steroid dienone is 2. The van der Waals surface area contributed by atoms with Crippen molar-refractivity contribution in [3.63, 3.8) is 0 Å². The second kappa shape index (κ2) is 10.4. The quantitative estimate of drug-likeness (QED) is 0.183. The molecule has 1 saturated heterocycles. The van der Waals surface area contributed by atoms with Crippen molar-refractivity contribution in [1.82, 2.24) is 0 Å². The van der Waals surface area contributed by atoms with Crippen molar-refractivity contribution in [3.8, 4) is 22.3 Å². The molecule has 222 valence electrons. The zero-order chi connectivity index (χ0) is 30.4. The van der Waals surface area contributed by atoms with Crippen molar-refractivity contribution in [3.05, 3.63) is 129 Å². The van der Waals surface area contributed by atoms with Crippen LogP contribution in [0, 0.1) is 5.41 Å². The molecule has 0 amide bonds. The van der Waals surface area contributed by atoms with E-state index in [9.17, 15) is 0 Å². The molecule has 2 atom stereocenters. The summed E-state index contributed by atoms with van der Waals surface area (Å²) in [7, 11) is 0. The van der Waals surface area contributed by atoms with E-state index in [1.54, 1.807) is 22.3 Å². The van der Waals surface area contributed by atoms with E-state index in [1.807, 2.05) is 0 Å². The standard InChI is InChI=1S/C41H40.2CH3.Hf/c1-27(2)29-13-17-31(18-14-29)37-11-7-9-33-23-35(25-39(33)37)41(21-5-6-22-41)36-24-34-10-8-12-38(40(34)26-36)32-19-15-30(16-20-32)28(3)4;;;/h7-20,23-28H,5-6,21-22H2,1-4H3;2*1H3;. The second-order valence-corrected chi connectivity index (χ2v) is 32.6. The Morgan fingerprint density at radius 3 is 1.36 bits per heavy atom. The van der Waals surface area contributed by atoms with Gasteiger partial charge < -0.3 is 0 Å². The number of hydrogen-bond acceptors (Lipinski definition) is 0. The van der Waals surface area contributed by atoms with Crippen molar-refractivity contribution in [1.29, 1.82) is 0 Å². The van der Waals surface area contributed by atoms with E-state index < -0.39 is 20.0 Å². The van der Waals surface area contributed by atoms with E-state index in [0.717, 1.165) is 0 Å². The summed E-state index contributed by atoms with van der Waals surface area (Å²) in [6.07, 6.45) is 10.8. The van der Waals surface area contributed by atoms with E-state index in [2.05, 4.69) is 134 Å². The molecule has 3 aliphatic carbocycles. The van der Waals surface area contributed by atoms with E-state index >= 15 is 0 Å². The van der Waals surface area contributed by atoms with Crippen LogP contribution >= 0.6 is 0 Å². The fourth-order valence-electron chi connectivity index (χ4n) is 9.72. The molecule has 1 heterocycles. The average molecular weight is 741 g/mol. The minimum absolute atomic E-state index is 0.223. The minimum atomic E-state index is -3.05. The molecule has 1 heteroatoms. The van der Waals surface area contributed by atoms with Crippen LogP contribution in [-0.4, -0.2) is 0 Å². The van der Waals surface area contributed by atoms with Crippen LogP contribution in [0.2, 0.25) is 9.36 Å². The third-order valence-electron chi connectivity index (χ3n) is 12.0. The molecule has 0 bridgehead atoms. The van der Waals surface area contributed by atoms with Crippen molar-refractivity contribution in [2.45, 2.75) is 81.9 Å². The van der Waals surface area contributed by atoms with Gasteiger partial charge in [-0.05, 0) is 0 Å². The van der Waals surface area contributed by atoms with Gasteiger partial charge in [-0.15, -0.1) is 0 Å². The van der Waals surface area contributed by atoms with Gasteiger partial charge in [0.05, 0.1) is 0 Å². The Kier molecular flexibility index (Phi) is 6.77. The van der Waals surface area contributed by atoms with E-state index in [0.29, 0.717) is 19.2 Å². The molecule has 1 saturated carbocycles. The first-order valence-electron chi connectivity index (χ1n) is 17.1. The van der Waals surface area contributed by atoms with Crippen LogP contribution in [0.4, 0.5) is 0 Å². The number of rotatable bonds is 4. The SMILES string of the molecule is CC(C)c1ccc(-c2cccc3c2C=C2[CH]3[Hf]([CH3])([CH3])[CH]3C(=Cc4c(-c5ccc(C(C)C)cc5)cccc43)C23CCCC3)cc1. The van der Waals surface area contributed by atoms with Crippen LogP contribution < -0.4 is 0 Å². The monoisotopic (exact) mass is 742 g/mol. The van der Waals surface area contributed by atoms with E-state index in [4.69, 9.17) is 0 Å². The third kappa shape index (κ3) is 4.10. The molecule has 4 aliphatic rings. The van der Waals surface area contributed by atoms with Gasteiger partial charge in [-0.1, -0.05) is 0 Å². The first-order valence-corrected chi connectivity index (χ1v) is 28.4. The molecule has 4 aromatic carbocycles. The molecule has 0 aromatic heterocycles. The van der Waals surface area contributed by atoms with Gasteiger partial charge in [0, 0.05) is 0 Å². The van der Waals surface area contributed by atoms with Crippen molar-refractivity contribution < 1.29 is 20.0 Å². The maximum absolute atomic E-state index is 3.05. The summed E-state index contributed by atoms with van der Waals surface area (Å²) >= 11 is -3.05. The molecular weight excluding hydrogens is 695 g/mol. The molecule has 1 spiro atoms. The zero-order valence-electron chi connectivity index (χ0n) is 27.4. The Hall–Kier alpha value is -2.77. The predicted molar refractivity (Wildman–Crippen MR) is 186 cm³/mol. The molecule has 4 aromatic rings. The van der Waals surface area contributed by atoms with Gasteiger partial charge in [0.2, 0.25) is 0 Å². The number of hydrogen-bond donors (Lipinski definition) is 0. The Labute approximate surface area is 269 Å². The van der Waals surface area contributed by atoms with Crippen LogP contribution in [-0.2, 0) is 20.0 Å². The van der Waals surface area contributed by atoms with Crippen molar-refractivity contribution in [2.75, 3.05) is 0 Å². The van der Waals surface area contributed by atoms with Gasteiger partial charge in [0.25, 0.3) is 0 Å². The second-order valence-electron chi connectivity index (χ2n) is 15.3. The number of benzene rings is 4. The summed E-state index contributed by atoms with van der Waals surface area (Å²) < 4.78 is 6.91. The summed E-state index contributed by atoms with van der Waals surface area (Å²) in [5.74, 6) is 1.12. The van der Waals surface area contributed by atoms with Crippen LogP contribution in [0.5, 0.6) is 0 Å². The molecule has 0 nitrogen and oxygen atoms in total. The Bertz CT molecular complexity index is 1690. The maximum atomic E-state index is 2.80. The summed E-state index contributed by atoms with van der Waals surface area (Å²) in [5.41, 5.74) is 18.6. The van der Waals surface area contributed by atoms with Crippen LogP contribution in [0.1, 0.15) is 106 Å². The van der Waals surface area contributed by atoms with Crippen LogP contribution in [0.3, 0.4) is 0 Å². The predicted octanol–water partition coefficient (Wildman–Crippen LogP) is 12.7. The van der Waals surface area contributed by atoms with Gasteiger partial charge in [-0.3, -0.25) is 0 Å². The molecule has 2 unspecified atom stereocenters. The summed E-state index contributed by atoms with van der Waals surface area (Å²) in [6.45, 7) is 9.15. The summed E-state index contributed by atoms with van der Waals surface area (Å²) in [4.78, 5) is 0. The molecule has 1 aliphatic heterocycles. The average Bonchev–Trinajstić information content (AvgIpc) is 3.77. The molecule has 44 heavy (non-hydrogen) atoms. The van der Waals surface area contributed by atoms with E-state index in [1.165, 1.54) is 70.2 Å². The van der Waals surface area contributed by atoms with Crippen LogP contribution in [0.15, 0.2) is 96.1 Å².